The Balaban J connectivity index is 1.82. The summed E-state index contributed by atoms with van der Waals surface area (Å²) >= 11 is 0. The molecule has 2 aliphatic heterocycles. The Hall–Kier alpha value is -1.36. The molecule has 1 aromatic rings. The van der Waals surface area contributed by atoms with Crippen LogP contribution < -0.4 is 15.0 Å². The summed E-state index contributed by atoms with van der Waals surface area (Å²) in [7, 11) is 1.65. The topological polar surface area (TPSA) is 50.3 Å². The van der Waals surface area contributed by atoms with E-state index in [4.69, 9.17) is 4.74 Å². The van der Waals surface area contributed by atoms with Crippen molar-refractivity contribution in [1.82, 2.24) is 15.3 Å². The summed E-state index contributed by atoms with van der Waals surface area (Å²) in [6.45, 7) is 6.36. The van der Waals surface area contributed by atoms with Crippen molar-refractivity contribution in [3.8, 4) is 5.88 Å². The molecule has 1 aromatic heterocycles. The number of nitrogens with one attached hydrogen (secondary N) is 1. The Bertz CT molecular complexity index is 411. The minimum absolute atomic E-state index is 0.655. The summed E-state index contributed by atoms with van der Waals surface area (Å²) in [5.74, 6) is 2.98. The summed E-state index contributed by atoms with van der Waals surface area (Å²) in [5.41, 5.74) is 0.960. The highest BCUT2D eigenvalue weighted by molar-refractivity contribution is 5.36. The van der Waals surface area contributed by atoms with Crippen LogP contribution in [-0.4, -0.2) is 43.3 Å². The van der Waals surface area contributed by atoms with Crippen LogP contribution in [0.4, 0.5) is 5.95 Å². The van der Waals surface area contributed by atoms with Gasteiger partial charge < -0.3 is 15.0 Å². The van der Waals surface area contributed by atoms with Crippen molar-refractivity contribution in [2.75, 3.05) is 38.2 Å². The van der Waals surface area contributed by atoms with Gasteiger partial charge in [0.15, 0.2) is 0 Å². The normalized spacial score (nSPS) is 27.3. The third kappa shape index (κ3) is 1.95. The van der Waals surface area contributed by atoms with Crippen LogP contribution in [0.25, 0.3) is 0 Å². The predicted molar refractivity (Wildman–Crippen MR) is 65.4 cm³/mol. The first-order chi connectivity index (χ1) is 8.26. The molecule has 2 unspecified atom stereocenters. The van der Waals surface area contributed by atoms with E-state index in [1.807, 2.05) is 13.0 Å². The van der Waals surface area contributed by atoms with Crippen molar-refractivity contribution < 1.29 is 4.74 Å². The fourth-order valence-electron chi connectivity index (χ4n) is 2.79. The molecule has 0 saturated carbocycles. The zero-order valence-electron chi connectivity index (χ0n) is 10.3. The van der Waals surface area contributed by atoms with E-state index in [2.05, 4.69) is 20.2 Å². The summed E-state index contributed by atoms with van der Waals surface area (Å²) in [5, 5.41) is 3.44. The fraction of sp³-hybridized carbons (Fsp3) is 0.667. The number of rotatable bonds is 2. The molecule has 0 aliphatic carbocycles. The van der Waals surface area contributed by atoms with Gasteiger partial charge in [-0.3, -0.25) is 0 Å². The van der Waals surface area contributed by atoms with Gasteiger partial charge in [0.1, 0.15) is 0 Å². The van der Waals surface area contributed by atoms with E-state index in [9.17, 15) is 0 Å². The van der Waals surface area contributed by atoms with Crippen LogP contribution in [0, 0.1) is 18.8 Å². The molecule has 2 atom stereocenters. The number of aromatic nitrogens is 2. The molecule has 17 heavy (non-hydrogen) atoms. The van der Waals surface area contributed by atoms with Gasteiger partial charge in [-0.05, 0) is 18.8 Å². The minimum Gasteiger partial charge on any atom is -0.481 e. The van der Waals surface area contributed by atoms with E-state index in [1.54, 1.807) is 7.11 Å². The molecule has 0 radical (unpaired) electrons. The van der Waals surface area contributed by atoms with E-state index >= 15 is 0 Å². The van der Waals surface area contributed by atoms with Gasteiger partial charge in [-0.2, -0.15) is 4.98 Å². The lowest BCUT2D eigenvalue weighted by Crippen LogP contribution is -2.27. The Morgan fingerprint density at radius 1 is 1.29 bits per heavy atom. The standard InChI is InChI=1S/C12H18N4O/c1-8-3-11(17-2)15-12(14-8)16-6-9-4-13-5-10(9)7-16/h3,9-10,13H,4-7H2,1-2H3. The Labute approximate surface area is 101 Å². The van der Waals surface area contributed by atoms with Gasteiger partial charge in [0.05, 0.1) is 7.11 Å². The van der Waals surface area contributed by atoms with Crippen LogP contribution in [0.2, 0.25) is 0 Å². The molecule has 1 N–H and O–H groups in total. The number of ether oxygens (including phenoxy) is 1. The fourth-order valence-corrected chi connectivity index (χ4v) is 2.79. The number of aryl methyl sites for hydroxylation is 1. The molecule has 0 bridgehead atoms. The summed E-state index contributed by atoms with van der Waals surface area (Å²) in [6, 6.07) is 1.86. The number of hydrogen-bond acceptors (Lipinski definition) is 5. The highest BCUT2D eigenvalue weighted by atomic mass is 16.5. The Morgan fingerprint density at radius 2 is 2.00 bits per heavy atom. The van der Waals surface area contributed by atoms with Crippen LogP contribution in [0.1, 0.15) is 5.69 Å². The van der Waals surface area contributed by atoms with Gasteiger partial charge in [-0.15, -0.1) is 0 Å². The smallest absolute Gasteiger partial charge is 0.228 e. The van der Waals surface area contributed by atoms with E-state index < -0.39 is 0 Å². The Morgan fingerprint density at radius 3 is 2.65 bits per heavy atom. The van der Waals surface area contributed by atoms with Crippen molar-refractivity contribution in [1.29, 1.82) is 0 Å². The van der Waals surface area contributed by atoms with Gasteiger partial charge in [0.25, 0.3) is 0 Å². The largest absolute Gasteiger partial charge is 0.481 e. The highest BCUT2D eigenvalue weighted by Gasteiger charge is 2.37. The second kappa shape index (κ2) is 4.14. The molecule has 2 saturated heterocycles. The van der Waals surface area contributed by atoms with E-state index in [0.717, 1.165) is 49.7 Å². The van der Waals surface area contributed by atoms with Gasteiger partial charge in [0, 0.05) is 37.9 Å². The second-order valence-electron chi connectivity index (χ2n) is 4.94. The summed E-state index contributed by atoms with van der Waals surface area (Å²) in [6.07, 6.45) is 0. The van der Waals surface area contributed by atoms with Gasteiger partial charge in [0.2, 0.25) is 11.8 Å². The minimum atomic E-state index is 0.655. The number of anilines is 1. The van der Waals surface area contributed by atoms with Crippen molar-refractivity contribution in [3.05, 3.63) is 11.8 Å². The number of fused-ring (bicyclic) bond motifs is 1. The molecule has 5 nitrogen and oxygen atoms in total. The van der Waals surface area contributed by atoms with Gasteiger partial charge >= 0.3 is 0 Å². The molecular formula is C12H18N4O. The molecule has 3 heterocycles. The third-order valence-electron chi connectivity index (χ3n) is 3.70. The summed E-state index contributed by atoms with van der Waals surface area (Å²) < 4.78 is 5.20. The quantitative estimate of drug-likeness (QED) is 0.805. The van der Waals surface area contributed by atoms with Crippen molar-refractivity contribution in [2.24, 2.45) is 11.8 Å². The SMILES string of the molecule is COc1cc(C)nc(N2CC3CNCC3C2)n1. The molecule has 2 aliphatic rings. The molecule has 3 rings (SSSR count). The van der Waals surface area contributed by atoms with Crippen LogP contribution in [0.15, 0.2) is 6.07 Å². The maximum atomic E-state index is 5.20. The summed E-state index contributed by atoms with van der Waals surface area (Å²) in [4.78, 5) is 11.2. The van der Waals surface area contributed by atoms with E-state index in [1.165, 1.54) is 0 Å². The van der Waals surface area contributed by atoms with E-state index in [0.29, 0.717) is 5.88 Å². The molecule has 5 heteroatoms. The zero-order chi connectivity index (χ0) is 11.8. The van der Waals surface area contributed by atoms with Crippen LogP contribution in [0.5, 0.6) is 5.88 Å². The zero-order valence-corrected chi connectivity index (χ0v) is 10.3. The predicted octanol–water partition coefficient (Wildman–Crippen LogP) is 0.449. The van der Waals surface area contributed by atoms with Crippen LogP contribution in [-0.2, 0) is 0 Å². The van der Waals surface area contributed by atoms with Crippen molar-refractivity contribution >= 4 is 5.95 Å². The average molecular weight is 234 g/mol. The average Bonchev–Trinajstić information content (AvgIpc) is 2.88. The first-order valence-electron chi connectivity index (χ1n) is 6.11. The van der Waals surface area contributed by atoms with Gasteiger partial charge in [-0.25, -0.2) is 4.98 Å². The monoisotopic (exact) mass is 234 g/mol. The molecule has 92 valence electrons. The van der Waals surface area contributed by atoms with Gasteiger partial charge in [-0.1, -0.05) is 0 Å². The van der Waals surface area contributed by atoms with Crippen LogP contribution in [0.3, 0.4) is 0 Å². The lowest BCUT2D eigenvalue weighted by atomic mass is 10.0. The number of hydrogen-bond donors (Lipinski definition) is 1. The molecular weight excluding hydrogens is 216 g/mol. The first kappa shape index (κ1) is 10.8. The van der Waals surface area contributed by atoms with Crippen molar-refractivity contribution in [2.45, 2.75) is 6.92 Å². The maximum absolute atomic E-state index is 5.20. The molecule has 2 fully saturated rings. The van der Waals surface area contributed by atoms with Crippen LogP contribution >= 0.6 is 0 Å². The molecule has 0 amide bonds. The third-order valence-corrected chi connectivity index (χ3v) is 3.70. The maximum Gasteiger partial charge on any atom is 0.228 e. The lowest BCUT2D eigenvalue weighted by molar-refractivity contribution is 0.396. The molecule has 0 aromatic carbocycles. The lowest BCUT2D eigenvalue weighted by Gasteiger charge is -2.18. The number of nitrogens with zero attached hydrogens (tertiary/aromatic N) is 3. The van der Waals surface area contributed by atoms with E-state index in [-0.39, 0.29) is 0 Å². The first-order valence-corrected chi connectivity index (χ1v) is 6.11. The molecule has 0 spiro atoms. The van der Waals surface area contributed by atoms with Crippen molar-refractivity contribution in [3.63, 3.8) is 0 Å². The second-order valence-corrected chi connectivity index (χ2v) is 4.94. The number of methoxy groups -OCH3 is 1. The highest BCUT2D eigenvalue weighted by Crippen LogP contribution is 2.29. The Kier molecular flexibility index (Phi) is 2.63.